The van der Waals surface area contributed by atoms with Gasteiger partial charge in [0.2, 0.25) is 0 Å². The molecule has 1 unspecified atom stereocenters. The Hall–Kier alpha value is -2.14. The number of carbonyl (C=O) groups is 2. The maximum absolute atomic E-state index is 11.9. The standard InChI is InChI=1S/C28H44O5/c1-3-4-5-6-7-8-9-10-11-15-22-32-27(29)18-19-28(30)33-24-21-26(20-23-31-2)25-16-13-12-14-17-25/h12-14,16-19,26H,3-11,15,20-24H2,1-2H3/b19-18+. The molecule has 0 fully saturated rings. The summed E-state index contributed by atoms with van der Waals surface area (Å²) in [5, 5.41) is 0. The summed E-state index contributed by atoms with van der Waals surface area (Å²) < 4.78 is 15.6. The third-order valence-electron chi connectivity index (χ3n) is 5.75. The molecule has 1 aromatic rings. The molecule has 0 saturated carbocycles. The van der Waals surface area contributed by atoms with E-state index in [4.69, 9.17) is 14.2 Å². The van der Waals surface area contributed by atoms with E-state index in [0.717, 1.165) is 31.4 Å². The van der Waals surface area contributed by atoms with Crippen LogP contribution >= 0.6 is 0 Å². The summed E-state index contributed by atoms with van der Waals surface area (Å²) in [4.78, 5) is 23.7. The first-order valence-electron chi connectivity index (χ1n) is 12.7. The van der Waals surface area contributed by atoms with Crippen molar-refractivity contribution in [1.29, 1.82) is 0 Å². The van der Waals surface area contributed by atoms with E-state index in [9.17, 15) is 9.59 Å². The zero-order chi connectivity index (χ0) is 24.0. The summed E-state index contributed by atoms with van der Waals surface area (Å²) in [5.74, 6) is -0.761. The van der Waals surface area contributed by atoms with E-state index in [1.807, 2.05) is 18.2 Å². The van der Waals surface area contributed by atoms with Crippen molar-refractivity contribution in [1.82, 2.24) is 0 Å². The van der Waals surface area contributed by atoms with Gasteiger partial charge in [-0.2, -0.15) is 0 Å². The van der Waals surface area contributed by atoms with Crippen molar-refractivity contribution >= 4 is 11.9 Å². The number of benzene rings is 1. The molecule has 5 heteroatoms. The first-order chi connectivity index (χ1) is 16.2. The van der Waals surface area contributed by atoms with E-state index < -0.39 is 11.9 Å². The van der Waals surface area contributed by atoms with E-state index in [0.29, 0.717) is 26.2 Å². The molecule has 0 aliphatic heterocycles. The topological polar surface area (TPSA) is 61.8 Å². The smallest absolute Gasteiger partial charge is 0.331 e. The average molecular weight is 461 g/mol. The van der Waals surface area contributed by atoms with Gasteiger partial charge in [-0.1, -0.05) is 95.0 Å². The van der Waals surface area contributed by atoms with E-state index >= 15 is 0 Å². The zero-order valence-corrected chi connectivity index (χ0v) is 20.8. The maximum atomic E-state index is 11.9. The molecule has 0 bridgehead atoms. The summed E-state index contributed by atoms with van der Waals surface area (Å²) in [6.07, 6.45) is 16.2. The number of ether oxygens (including phenoxy) is 3. The Bertz CT molecular complexity index is 641. The van der Waals surface area contributed by atoms with Gasteiger partial charge in [0.15, 0.2) is 0 Å². The monoisotopic (exact) mass is 460 g/mol. The second kappa shape index (κ2) is 20.5. The van der Waals surface area contributed by atoms with E-state index in [2.05, 4.69) is 19.1 Å². The van der Waals surface area contributed by atoms with Gasteiger partial charge >= 0.3 is 11.9 Å². The molecule has 5 nitrogen and oxygen atoms in total. The molecular weight excluding hydrogens is 416 g/mol. The van der Waals surface area contributed by atoms with Crippen LogP contribution in [0.3, 0.4) is 0 Å². The highest BCUT2D eigenvalue weighted by atomic mass is 16.5. The Morgan fingerprint density at radius 3 is 1.82 bits per heavy atom. The van der Waals surface area contributed by atoms with E-state index in [-0.39, 0.29) is 5.92 Å². The van der Waals surface area contributed by atoms with Crippen LogP contribution in [0.25, 0.3) is 0 Å². The summed E-state index contributed by atoms with van der Waals surface area (Å²) in [5.41, 5.74) is 1.21. The molecule has 0 aromatic heterocycles. The summed E-state index contributed by atoms with van der Waals surface area (Å²) in [6, 6.07) is 10.1. The van der Waals surface area contributed by atoms with Crippen molar-refractivity contribution in [2.24, 2.45) is 0 Å². The number of methoxy groups -OCH3 is 1. The largest absolute Gasteiger partial charge is 0.463 e. The fourth-order valence-corrected chi connectivity index (χ4v) is 3.76. The Labute approximate surface area is 200 Å². The Kier molecular flexibility index (Phi) is 17.9. The number of unbranched alkanes of at least 4 members (excludes halogenated alkanes) is 9. The van der Waals surface area contributed by atoms with Crippen molar-refractivity contribution in [2.75, 3.05) is 26.9 Å². The van der Waals surface area contributed by atoms with Crippen molar-refractivity contribution in [3.63, 3.8) is 0 Å². The molecule has 0 aliphatic carbocycles. The minimum atomic E-state index is -0.524. The molecule has 0 spiro atoms. The van der Waals surface area contributed by atoms with Crippen molar-refractivity contribution in [3.05, 3.63) is 48.0 Å². The van der Waals surface area contributed by atoms with Crippen LogP contribution in [0.4, 0.5) is 0 Å². The average Bonchev–Trinajstić information content (AvgIpc) is 2.84. The van der Waals surface area contributed by atoms with Gasteiger partial charge in [-0.3, -0.25) is 0 Å². The lowest BCUT2D eigenvalue weighted by molar-refractivity contribution is -0.140. The Balaban J connectivity index is 2.10. The molecule has 1 atom stereocenters. The lowest BCUT2D eigenvalue weighted by atomic mass is 9.93. The van der Waals surface area contributed by atoms with E-state index in [1.54, 1.807) is 7.11 Å². The normalized spacial score (nSPS) is 12.1. The van der Waals surface area contributed by atoms with Crippen LogP contribution in [0.2, 0.25) is 0 Å². The number of rotatable bonds is 20. The predicted molar refractivity (Wildman–Crippen MR) is 133 cm³/mol. The number of hydrogen-bond acceptors (Lipinski definition) is 5. The maximum Gasteiger partial charge on any atom is 0.331 e. The third-order valence-corrected chi connectivity index (χ3v) is 5.75. The molecule has 0 heterocycles. The van der Waals surface area contributed by atoms with Crippen molar-refractivity contribution < 1.29 is 23.8 Å². The Morgan fingerprint density at radius 2 is 1.24 bits per heavy atom. The molecule has 1 aromatic carbocycles. The van der Waals surface area contributed by atoms with Crippen LogP contribution in [-0.2, 0) is 23.8 Å². The molecule has 0 radical (unpaired) electrons. The number of hydrogen-bond donors (Lipinski definition) is 0. The van der Waals surface area contributed by atoms with Gasteiger partial charge in [0, 0.05) is 25.9 Å². The predicted octanol–water partition coefficient (Wildman–Crippen LogP) is 6.76. The van der Waals surface area contributed by atoms with Crippen molar-refractivity contribution in [2.45, 2.75) is 89.9 Å². The lowest BCUT2D eigenvalue weighted by Crippen LogP contribution is -2.10. The second-order valence-electron chi connectivity index (χ2n) is 8.53. The molecule has 0 saturated heterocycles. The van der Waals surface area contributed by atoms with Crippen LogP contribution in [0.5, 0.6) is 0 Å². The first-order valence-corrected chi connectivity index (χ1v) is 12.7. The van der Waals surface area contributed by atoms with Gasteiger partial charge in [-0.05, 0) is 30.7 Å². The molecule has 0 amide bonds. The highest BCUT2D eigenvalue weighted by Gasteiger charge is 2.12. The SMILES string of the molecule is CCCCCCCCCCCCOC(=O)/C=C/C(=O)OCCC(CCOC)c1ccccc1. The molecule has 0 aliphatic rings. The summed E-state index contributed by atoms with van der Waals surface area (Å²) in [6.45, 7) is 3.58. The summed E-state index contributed by atoms with van der Waals surface area (Å²) >= 11 is 0. The lowest BCUT2D eigenvalue weighted by Gasteiger charge is -2.16. The van der Waals surface area contributed by atoms with Gasteiger partial charge in [-0.25, -0.2) is 9.59 Å². The van der Waals surface area contributed by atoms with Gasteiger partial charge in [0.25, 0.3) is 0 Å². The minimum absolute atomic E-state index is 0.258. The molecule has 1 rings (SSSR count). The van der Waals surface area contributed by atoms with Gasteiger partial charge < -0.3 is 14.2 Å². The van der Waals surface area contributed by atoms with Crippen LogP contribution in [0, 0.1) is 0 Å². The van der Waals surface area contributed by atoms with Crippen LogP contribution in [-0.4, -0.2) is 38.9 Å². The van der Waals surface area contributed by atoms with Crippen LogP contribution in [0.1, 0.15) is 95.5 Å². The fraction of sp³-hybridized carbons (Fsp3) is 0.643. The highest BCUT2D eigenvalue weighted by Crippen LogP contribution is 2.23. The van der Waals surface area contributed by atoms with Gasteiger partial charge in [0.1, 0.15) is 0 Å². The molecular formula is C28H44O5. The second-order valence-corrected chi connectivity index (χ2v) is 8.53. The first kappa shape index (κ1) is 28.9. The minimum Gasteiger partial charge on any atom is -0.463 e. The van der Waals surface area contributed by atoms with Gasteiger partial charge in [0.05, 0.1) is 13.2 Å². The van der Waals surface area contributed by atoms with E-state index in [1.165, 1.54) is 56.9 Å². The van der Waals surface area contributed by atoms with Gasteiger partial charge in [-0.15, -0.1) is 0 Å². The molecule has 0 N–H and O–H groups in total. The number of esters is 2. The van der Waals surface area contributed by atoms with Crippen LogP contribution in [0.15, 0.2) is 42.5 Å². The summed E-state index contributed by atoms with van der Waals surface area (Å²) in [7, 11) is 1.68. The number of carbonyl (C=O) groups excluding carboxylic acids is 2. The molecule has 33 heavy (non-hydrogen) atoms. The quantitative estimate of drug-likeness (QED) is 0.122. The Morgan fingerprint density at radius 1 is 0.727 bits per heavy atom. The zero-order valence-electron chi connectivity index (χ0n) is 20.8. The van der Waals surface area contributed by atoms with Crippen molar-refractivity contribution in [3.8, 4) is 0 Å². The fourth-order valence-electron chi connectivity index (χ4n) is 3.76. The third kappa shape index (κ3) is 16.2. The van der Waals surface area contributed by atoms with Crippen LogP contribution < -0.4 is 0 Å². The molecule has 186 valence electrons. The highest BCUT2D eigenvalue weighted by molar-refractivity contribution is 5.91.